The van der Waals surface area contributed by atoms with Gasteiger partial charge in [0.25, 0.3) is 0 Å². The highest BCUT2D eigenvalue weighted by atomic mass is 16.5. The minimum Gasteiger partial charge on any atom is -0.497 e. The molecule has 19 heavy (non-hydrogen) atoms. The standard InChI is InChI=1S/C16H25NO2/c1-3-4-5-6-7-12-19-16-9-8-15(18-2)13-14(16)10-11-17/h3,8-9,13H,1,4-7,10-12,17H2,2H3. The van der Waals surface area contributed by atoms with Gasteiger partial charge in [0.15, 0.2) is 0 Å². The highest BCUT2D eigenvalue weighted by molar-refractivity contribution is 5.40. The van der Waals surface area contributed by atoms with Crippen LogP contribution >= 0.6 is 0 Å². The Kier molecular flexibility index (Phi) is 7.75. The van der Waals surface area contributed by atoms with E-state index in [-0.39, 0.29) is 0 Å². The summed E-state index contributed by atoms with van der Waals surface area (Å²) in [4.78, 5) is 0. The summed E-state index contributed by atoms with van der Waals surface area (Å²) in [6.07, 6.45) is 7.29. The van der Waals surface area contributed by atoms with E-state index >= 15 is 0 Å². The molecule has 0 heterocycles. The normalized spacial score (nSPS) is 10.2. The van der Waals surface area contributed by atoms with E-state index in [1.54, 1.807) is 7.11 Å². The van der Waals surface area contributed by atoms with Crippen molar-refractivity contribution in [3.8, 4) is 11.5 Å². The molecule has 0 atom stereocenters. The fourth-order valence-electron chi connectivity index (χ4n) is 1.92. The van der Waals surface area contributed by atoms with Crippen LogP contribution in [-0.4, -0.2) is 20.3 Å². The molecule has 1 rings (SSSR count). The van der Waals surface area contributed by atoms with E-state index in [4.69, 9.17) is 15.2 Å². The summed E-state index contributed by atoms with van der Waals surface area (Å²) in [5, 5.41) is 0. The largest absolute Gasteiger partial charge is 0.497 e. The van der Waals surface area contributed by atoms with E-state index in [0.29, 0.717) is 6.54 Å². The molecular formula is C16H25NO2. The molecule has 0 spiro atoms. The highest BCUT2D eigenvalue weighted by Crippen LogP contribution is 2.24. The average Bonchev–Trinajstić information content (AvgIpc) is 2.44. The lowest BCUT2D eigenvalue weighted by molar-refractivity contribution is 0.301. The van der Waals surface area contributed by atoms with Gasteiger partial charge >= 0.3 is 0 Å². The number of allylic oxidation sites excluding steroid dienone is 1. The number of methoxy groups -OCH3 is 1. The molecule has 3 nitrogen and oxygen atoms in total. The zero-order valence-electron chi connectivity index (χ0n) is 11.9. The van der Waals surface area contributed by atoms with Crippen LogP contribution in [0.25, 0.3) is 0 Å². The maximum Gasteiger partial charge on any atom is 0.122 e. The van der Waals surface area contributed by atoms with Gasteiger partial charge in [-0.2, -0.15) is 0 Å². The van der Waals surface area contributed by atoms with E-state index in [0.717, 1.165) is 42.9 Å². The molecule has 1 aromatic carbocycles. The molecule has 0 saturated carbocycles. The molecule has 0 amide bonds. The van der Waals surface area contributed by atoms with Crippen molar-refractivity contribution >= 4 is 0 Å². The molecule has 0 aliphatic rings. The van der Waals surface area contributed by atoms with Crippen LogP contribution in [0.2, 0.25) is 0 Å². The molecule has 0 saturated heterocycles. The predicted octanol–water partition coefficient (Wildman–Crippen LogP) is 3.32. The number of unbranched alkanes of at least 4 members (excludes halogenated alkanes) is 3. The molecule has 0 radical (unpaired) electrons. The molecular weight excluding hydrogens is 238 g/mol. The SMILES string of the molecule is C=CCCCCCOc1ccc(OC)cc1CCN. The van der Waals surface area contributed by atoms with Gasteiger partial charge in [-0.3, -0.25) is 0 Å². The summed E-state index contributed by atoms with van der Waals surface area (Å²) in [5.74, 6) is 1.77. The van der Waals surface area contributed by atoms with Crippen molar-refractivity contribution in [2.24, 2.45) is 5.73 Å². The molecule has 0 aliphatic carbocycles. The molecule has 0 aromatic heterocycles. The van der Waals surface area contributed by atoms with Crippen LogP contribution in [0.15, 0.2) is 30.9 Å². The van der Waals surface area contributed by atoms with Gasteiger partial charge in [-0.15, -0.1) is 6.58 Å². The van der Waals surface area contributed by atoms with Crippen LogP contribution < -0.4 is 15.2 Å². The van der Waals surface area contributed by atoms with Gasteiger partial charge in [0, 0.05) is 0 Å². The topological polar surface area (TPSA) is 44.5 Å². The monoisotopic (exact) mass is 263 g/mol. The lowest BCUT2D eigenvalue weighted by atomic mass is 10.1. The molecule has 3 heteroatoms. The number of hydrogen-bond acceptors (Lipinski definition) is 3. The first kappa shape index (κ1) is 15.6. The summed E-state index contributed by atoms with van der Waals surface area (Å²) in [6.45, 7) is 5.08. The summed E-state index contributed by atoms with van der Waals surface area (Å²) in [5.41, 5.74) is 6.74. The fraction of sp³-hybridized carbons (Fsp3) is 0.500. The number of rotatable bonds is 10. The fourth-order valence-corrected chi connectivity index (χ4v) is 1.92. The predicted molar refractivity (Wildman–Crippen MR) is 79.9 cm³/mol. The summed E-state index contributed by atoms with van der Waals surface area (Å²) < 4.78 is 11.1. The van der Waals surface area contributed by atoms with Crippen LogP contribution in [0, 0.1) is 0 Å². The van der Waals surface area contributed by atoms with Crippen LogP contribution in [0.5, 0.6) is 11.5 Å². The minimum atomic E-state index is 0.614. The minimum absolute atomic E-state index is 0.614. The third-order valence-electron chi connectivity index (χ3n) is 2.99. The average molecular weight is 263 g/mol. The molecule has 0 bridgehead atoms. The van der Waals surface area contributed by atoms with Gasteiger partial charge in [0.1, 0.15) is 11.5 Å². The van der Waals surface area contributed by atoms with Gasteiger partial charge in [-0.25, -0.2) is 0 Å². The van der Waals surface area contributed by atoms with Crippen LogP contribution in [0.1, 0.15) is 31.2 Å². The quantitative estimate of drug-likeness (QED) is 0.520. The molecule has 0 fully saturated rings. The maximum absolute atomic E-state index is 5.83. The molecule has 0 aliphatic heterocycles. The van der Waals surface area contributed by atoms with Crippen molar-refractivity contribution in [1.29, 1.82) is 0 Å². The van der Waals surface area contributed by atoms with Crippen molar-refractivity contribution in [3.63, 3.8) is 0 Å². The highest BCUT2D eigenvalue weighted by Gasteiger charge is 2.05. The van der Waals surface area contributed by atoms with Gasteiger partial charge in [-0.05, 0) is 62.4 Å². The second kappa shape index (κ2) is 9.45. The molecule has 0 unspecified atom stereocenters. The Labute approximate surface area is 116 Å². The zero-order chi connectivity index (χ0) is 13.9. The molecule has 1 aromatic rings. The summed E-state index contributed by atoms with van der Waals surface area (Å²) >= 11 is 0. The van der Waals surface area contributed by atoms with Crippen LogP contribution in [-0.2, 0) is 6.42 Å². The summed E-state index contributed by atoms with van der Waals surface area (Å²) in [6, 6.07) is 5.89. The van der Waals surface area contributed by atoms with E-state index in [9.17, 15) is 0 Å². The zero-order valence-corrected chi connectivity index (χ0v) is 11.9. The van der Waals surface area contributed by atoms with E-state index < -0.39 is 0 Å². The van der Waals surface area contributed by atoms with E-state index in [1.807, 2.05) is 24.3 Å². The molecule has 2 N–H and O–H groups in total. The van der Waals surface area contributed by atoms with Gasteiger partial charge in [-0.1, -0.05) is 6.08 Å². The first-order chi connectivity index (χ1) is 9.31. The van der Waals surface area contributed by atoms with Gasteiger partial charge in [0.2, 0.25) is 0 Å². The second-order valence-electron chi connectivity index (χ2n) is 4.50. The van der Waals surface area contributed by atoms with E-state index in [2.05, 4.69) is 6.58 Å². The lowest BCUT2D eigenvalue weighted by Crippen LogP contribution is -2.06. The first-order valence-electron chi connectivity index (χ1n) is 6.92. The number of ether oxygens (including phenoxy) is 2. The Hall–Kier alpha value is -1.48. The molecule has 106 valence electrons. The van der Waals surface area contributed by atoms with Gasteiger partial charge in [0.05, 0.1) is 13.7 Å². The smallest absolute Gasteiger partial charge is 0.122 e. The van der Waals surface area contributed by atoms with Gasteiger partial charge < -0.3 is 15.2 Å². The number of benzene rings is 1. The number of hydrogen-bond donors (Lipinski definition) is 1. The second-order valence-corrected chi connectivity index (χ2v) is 4.50. The Morgan fingerprint density at radius 1 is 1.26 bits per heavy atom. The Bertz CT molecular complexity index is 377. The van der Waals surface area contributed by atoms with Crippen molar-refractivity contribution in [3.05, 3.63) is 36.4 Å². The Balaban J connectivity index is 2.45. The van der Waals surface area contributed by atoms with Crippen molar-refractivity contribution in [2.75, 3.05) is 20.3 Å². The lowest BCUT2D eigenvalue weighted by Gasteiger charge is -2.12. The third-order valence-corrected chi connectivity index (χ3v) is 2.99. The Morgan fingerprint density at radius 3 is 2.79 bits per heavy atom. The number of nitrogens with two attached hydrogens (primary N) is 1. The van der Waals surface area contributed by atoms with Crippen LogP contribution in [0.4, 0.5) is 0 Å². The van der Waals surface area contributed by atoms with Crippen molar-refractivity contribution < 1.29 is 9.47 Å². The van der Waals surface area contributed by atoms with Crippen molar-refractivity contribution in [2.45, 2.75) is 32.1 Å². The maximum atomic E-state index is 5.83. The van der Waals surface area contributed by atoms with Crippen molar-refractivity contribution in [1.82, 2.24) is 0 Å². The first-order valence-corrected chi connectivity index (χ1v) is 6.92. The van der Waals surface area contributed by atoms with E-state index in [1.165, 1.54) is 12.8 Å². The Morgan fingerprint density at radius 2 is 2.11 bits per heavy atom. The summed E-state index contributed by atoms with van der Waals surface area (Å²) in [7, 11) is 1.67. The van der Waals surface area contributed by atoms with Crippen LogP contribution in [0.3, 0.4) is 0 Å². The third kappa shape index (κ3) is 5.79.